The summed E-state index contributed by atoms with van der Waals surface area (Å²) >= 11 is 0. The van der Waals surface area contributed by atoms with Crippen LogP contribution in [0.5, 0.6) is 0 Å². The van der Waals surface area contributed by atoms with Crippen LogP contribution >= 0.6 is 0 Å². The minimum absolute atomic E-state index is 0.0601. The number of nitrogens with one attached hydrogen (secondary N) is 1. The van der Waals surface area contributed by atoms with E-state index in [0.29, 0.717) is 32.0 Å². The first-order valence-corrected chi connectivity index (χ1v) is 7.71. The molecule has 124 valence electrons. The van der Waals surface area contributed by atoms with Crippen molar-refractivity contribution in [3.8, 4) is 0 Å². The normalized spacial score (nSPS) is 18.0. The molecule has 1 saturated heterocycles. The Morgan fingerprint density at radius 1 is 1.39 bits per heavy atom. The molecule has 1 aliphatic heterocycles. The highest BCUT2D eigenvalue weighted by Crippen LogP contribution is 2.13. The van der Waals surface area contributed by atoms with Crippen LogP contribution < -0.4 is 5.32 Å². The molecule has 1 aromatic carbocycles. The number of anilines is 1. The Labute approximate surface area is 136 Å². The number of esters is 1. The van der Waals surface area contributed by atoms with Crippen molar-refractivity contribution >= 4 is 23.8 Å². The minimum atomic E-state index is -0.369. The molecule has 1 aromatic rings. The second kappa shape index (κ2) is 8.33. The third-order valence-corrected chi connectivity index (χ3v) is 3.39. The Morgan fingerprint density at radius 2 is 2.13 bits per heavy atom. The zero-order valence-corrected chi connectivity index (χ0v) is 13.5. The average Bonchev–Trinajstić information content (AvgIpc) is 2.54. The van der Waals surface area contributed by atoms with E-state index >= 15 is 0 Å². The topological polar surface area (TPSA) is 67.9 Å². The van der Waals surface area contributed by atoms with Crippen molar-refractivity contribution < 1.29 is 19.1 Å². The van der Waals surface area contributed by atoms with Crippen molar-refractivity contribution in [3.05, 3.63) is 35.9 Å². The largest absolute Gasteiger partial charge is 0.463 e. The Kier molecular flexibility index (Phi) is 6.17. The third-order valence-electron chi connectivity index (χ3n) is 3.39. The Morgan fingerprint density at radius 3 is 2.78 bits per heavy atom. The highest BCUT2D eigenvalue weighted by molar-refractivity contribution is 5.90. The number of carbonyl (C=O) groups excluding carboxylic acids is 2. The lowest BCUT2D eigenvalue weighted by molar-refractivity contribution is -0.137. The summed E-state index contributed by atoms with van der Waals surface area (Å²) in [6.45, 7) is 5.81. The van der Waals surface area contributed by atoms with Crippen LogP contribution in [0.3, 0.4) is 0 Å². The van der Waals surface area contributed by atoms with Gasteiger partial charge in [0.2, 0.25) is 0 Å². The van der Waals surface area contributed by atoms with Gasteiger partial charge >= 0.3 is 12.0 Å². The van der Waals surface area contributed by atoms with Gasteiger partial charge in [-0.05, 0) is 37.6 Å². The summed E-state index contributed by atoms with van der Waals surface area (Å²) in [5.74, 6) is -0.369. The molecule has 1 heterocycles. The van der Waals surface area contributed by atoms with Crippen molar-refractivity contribution in [2.75, 3.05) is 31.6 Å². The van der Waals surface area contributed by atoms with E-state index in [-0.39, 0.29) is 18.1 Å². The van der Waals surface area contributed by atoms with Crippen molar-refractivity contribution in [2.24, 2.45) is 0 Å². The fourth-order valence-electron chi connectivity index (χ4n) is 2.24. The summed E-state index contributed by atoms with van der Waals surface area (Å²) in [7, 11) is 0. The molecule has 1 N–H and O–H groups in total. The molecule has 0 saturated carbocycles. The van der Waals surface area contributed by atoms with Crippen LogP contribution in [0.1, 0.15) is 19.4 Å². The summed E-state index contributed by atoms with van der Waals surface area (Å²) in [5.41, 5.74) is 1.57. The molecule has 2 rings (SSSR count). The number of carbonyl (C=O) groups is 2. The smallest absolute Gasteiger partial charge is 0.330 e. The van der Waals surface area contributed by atoms with Gasteiger partial charge in [0, 0.05) is 24.9 Å². The maximum atomic E-state index is 12.2. The van der Waals surface area contributed by atoms with E-state index in [1.165, 1.54) is 6.08 Å². The quantitative estimate of drug-likeness (QED) is 0.684. The molecule has 0 aliphatic carbocycles. The lowest BCUT2D eigenvalue weighted by Crippen LogP contribution is -2.46. The van der Waals surface area contributed by atoms with Crippen molar-refractivity contribution in [1.29, 1.82) is 0 Å². The molecule has 1 fully saturated rings. The van der Waals surface area contributed by atoms with Crippen LogP contribution in [0, 0.1) is 0 Å². The first kappa shape index (κ1) is 17.0. The number of morpholine rings is 1. The first-order chi connectivity index (χ1) is 11.1. The van der Waals surface area contributed by atoms with Crippen LogP contribution in [0.4, 0.5) is 10.5 Å². The van der Waals surface area contributed by atoms with E-state index in [9.17, 15) is 9.59 Å². The van der Waals surface area contributed by atoms with Crippen molar-refractivity contribution in [1.82, 2.24) is 4.90 Å². The Hall–Kier alpha value is -2.34. The Bertz CT molecular complexity index is 568. The van der Waals surface area contributed by atoms with E-state index in [4.69, 9.17) is 9.47 Å². The molecule has 6 heteroatoms. The van der Waals surface area contributed by atoms with E-state index in [2.05, 4.69) is 5.32 Å². The maximum Gasteiger partial charge on any atom is 0.330 e. The number of ether oxygens (including phenoxy) is 2. The Balaban J connectivity index is 1.89. The lowest BCUT2D eigenvalue weighted by Gasteiger charge is -2.31. The van der Waals surface area contributed by atoms with Gasteiger partial charge in [-0.3, -0.25) is 0 Å². The van der Waals surface area contributed by atoms with Gasteiger partial charge in [0.25, 0.3) is 0 Å². The summed E-state index contributed by atoms with van der Waals surface area (Å²) in [4.78, 5) is 25.2. The van der Waals surface area contributed by atoms with Gasteiger partial charge in [-0.1, -0.05) is 12.1 Å². The second-order valence-electron chi connectivity index (χ2n) is 5.26. The van der Waals surface area contributed by atoms with Gasteiger partial charge in [0.15, 0.2) is 0 Å². The molecule has 0 aromatic heterocycles. The molecule has 0 unspecified atom stereocenters. The predicted octanol–water partition coefficient (Wildman–Crippen LogP) is 2.52. The van der Waals surface area contributed by atoms with Crippen molar-refractivity contribution in [2.45, 2.75) is 20.0 Å². The van der Waals surface area contributed by atoms with E-state index in [1.807, 2.05) is 19.1 Å². The molecule has 2 amide bonds. The number of rotatable bonds is 4. The highest BCUT2D eigenvalue weighted by atomic mass is 16.5. The monoisotopic (exact) mass is 318 g/mol. The lowest BCUT2D eigenvalue weighted by atomic mass is 10.2. The molecule has 0 bridgehead atoms. The summed E-state index contributed by atoms with van der Waals surface area (Å²) < 4.78 is 10.2. The molecule has 0 spiro atoms. The van der Waals surface area contributed by atoms with Crippen LogP contribution in [-0.2, 0) is 14.3 Å². The molecule has 6 nitrogen and oxygen atoms in total. The number of benzene rings is 1. The van der Waals surface area contributed by atoms with Gasteiger partial charge in [0.05, 0.1) is 19.3 Å². The molecule has 0 radical (unpaired) electrons. The molecule has 1 aliphatic rings. The predicted molar refractivity (Wildman–Crippen MR) is 88.1 cm³/mol. The fourth-order valence-corrected chi connectivity index (χ4v) is 2.24. The van der Waals surface area contributed by atoms with Crippen LogP contribution in [0.25, 0.3) is 6.08 Å². The van der Waals surface area contributed by atoms with E-state index in [0.717, 1.165) is 5.56 Å². The SMILES string of the molecule is CCOC(=O)/C=C/c1ccc(NC(=O)N2CCO[C@H](C)C2)cc1. The summed E-state index contributed by atoms with van der Waals surface area (Å²) in [6.07, 6.45) is 3.12. The second-order valence-corrected chi connectivity index (χ2v) is 5.26. The fraction of sp³-hybridized carbons (Fsp3) is 0.412. The van der Waals surface area contributed by atoms with Gasteiger partial charge in [-0.25, -0.2) is 9.59 Å². The zero-order valence-electron chi connectivity index (χ0n) is 13.5. The zero-order chi connectivity index (χ0) is 16.7. The summed E-state index contributed by atoms with van der Waals surface area (Å²) in [5, 5.41) is 2.86. The third kappa shape index (κ3) is 5.41. The molecular weight excluding hydrogens is 296 g/mol. The van der Waals surface area contributed by atoms with E-state index < -0.39 is 0 Å². The van der Waals surface area contributed by atoms with Gasteiger partial charge < -0.3 is 19.7 Å². The van der Waals surface area contributed by atoms with Crippen LogP contribution in [0.2, 0.25) is 0 Å². The number of hydrogen-bond acceptors (Lipinski definition) is 4. The standard InChI is InChI=1S/C17H22N2O4/c1-3-22-16(20)9-6-14-4-7-15(8-5-14)18-17(21)19-10-11-23-13(2)12-19/h4-9,13H,3,10-12H2,1-2H3,(H,18,21)/b9-6+/t13-/m1/s1. The number of hydrogen-bond donors (Lipinski definition) is 1. The average molecular weight is 318 g/mol. The van der Waals surface area contributed by atoms with Gasteiger partial charge in [-0.2, -0.15) is 0 Å². The number of urea groups is 1. The number of amides is 2. The minimum Gasteiger partial charge on any atom is -0.463 e. The molecular formula is C17H22N2O4. The molecule has 1 atom stereocenters. The highest BCUT2D eigenvalue weighted by Gasteiger charge is 2.21. The molecule has 23 heavy (non-hydrogen) atoms. The van der Waals surface area contributed by atoms with Crippen LogP contribution in [-0.4, -0.2) is 49.3 Å². The first-order valence-electron chi connectivity index (χ1n) is 7.71. The van der Waals surface area contributed by atoms with Gasteiger partial charge in [0.1, 0.15) is 0 Å². The number of nitrogens with zero attached hydrogens (tertiary/aromatic N) is 1. The summed E-state index contributed by atoms with van der Waals surface area (Å²) in [6, 6.07) is 7.12. The maximum absolute atomic E-state index is 12.2. The van der Waals surface area contributed by atoms with Crippen molar-refractivity contribution in [3.63, 3.8) is 0 Å². The van der Waals surface area contributed by atoms with E-state index in [1.54, 1.807) is 30.0 Å². The van der Waals surface area contributed by atoms with Crippen LogP contribution in [0.15, 0.2) is 30.3 Å². The van der Waals surface area contributed by atoms with Gasteiger partial charge in [-0.15, -0.1) is 0 Å².